The summed E-state index contributed by atoms with van der Waals surface area (Å²) in [5.74, 6) is 4.67. The minimum absolute atomic E-state index is 0.0648. The molecule has 1 N–H and O–H groups in total. The van der Waals surface area contributed by atoms with Crippen molar-refractivity contribution in [1.29, 1.82) is 0 Å². The minimum Gasteiger partial charge on any atom is -0.393 e. The highest BCUT2D eigenvalue weighted by Crippen LogP contribution is 2.47. The molecule has 0 amide bonds. The average Bonchev–Trinajstić information content (AvgIpc) is 1.62. The quantitative estimate of drug-likeness (QED) is 0.263. The van der Waals surface area contributed by atoms with Crippen molar-refractivity contribution in [2.24, 2.45) is 45.8 Å². The molecule has 1 aliphatic heterocycles. The van der Waals surface area contributed by atoms with Gasteiger partial charge in [0.15, 0.2) is 0 Å². The molecule has 3 rings (SSSR count). The molecule has 3 fully saturated rings. The van der Waals surface area contributed by atoms with Crippen LogP contribution in [-0.2, 0) is 9.47 Å². The zero-order valence-electron chi connectivity index (χ0n) is 102. The average molecular weight is 1650 g/mol. The zero-order valence-corrected chi connectivity index (χ0v) is 102. The summed E-state index contributed by atoms with van der Waals surface area (Å²) < 4.78 is 9.93. The van der Waals surface area contributed by atoms with Crippen LogP contribution < -0.4 is 0 Å². The van der Waals surface area contributed by atoms with Crippen LogP contribution in [0.1, 0.15) is 659 Å². The number of methoxy groups -OCH3 is 1. The highest BCUT2D eigenvalue weighted by molar-refractivity contribution is 4.86. The van der Waals surface area contributed by atoms with Gasteiger partial charge in [0.1, 0.15) is 0 Å². The van der Waals surface area contributed by atoms with E-state index in [4.69, 9.17) is 14.6 Å². The van der Waals surface area contributed by atoms with Crippen LogP contribution >= 0.6 is 0 Å². The van der Waals surface area contributed by atoms with Gasteiger partial charge in [-0.2, -0.15) is 0 Å². The molecule has 2 aliphatic carbocycles. The van der Waals surface area contributed by atoms with Crippen molar-refractivity contribution >= 4 is 0 Å². The molecule has 112 heavy (non-hydrogen) atoms. The molecule has 0 aromatic carbocycles. The molecule has 3 heteroatoms. The molecule has 3 aliphatic rings. The number of hydrogen-bond acceptors (Lipinski definition) is 3. The molecule has 3 nitrogen and oxygen atoms in total. The van der Waals surface area contributed by atoms with E-state index in [1.165, 1.54) is 51.4 Å². The van der Waals surface area contributed by atoms with Crippen molar-refractivity contribution in [3.05, 3.63) is 0 Å². The molecule has 0 aromatic rings. The largest absolute Gasteiger partial charge is 0.393 e. The predicted molar refractivity (Wildman–Crippen MR) is 585 cm³/mol. The summed E-state index contributed by atoms with van der Waals surface area (Å²) >= 11 is 0. The van der Waals surface area contributed by atoms with Crippen molar-refractivity contribution < 1.29 is 14.6 Å². The first-order valence-corrected chi connectivity index (χ1v) is 52.7. The Labute approximate surface area is 747 Å². The number of rotatable bonds is 8. The van der Waals surface area contributed by atoms with Crippen LogP contribution in [0.2, 0.25) is 0 Å². The second-order valence-electron chi connectivity index (χ2n) is 18.1. The van der Waals surface area contributed by atoms with Crippen LogP contribution in [0.5, 0.6) is 0 Å². The molecule has 746 valence electrons. The number of aliphatic hydroxyl groups excluding tert-OH is 1. The lowest BCUT2D eigenvalue weighted by Gasteiger charge is -2.36. The van der Waals surface area contributed by atoms with Gasteiger partial charge in [-0.1, -0.05) is 601 Å². The van der Waals surface area contributed by atoms with Gasteiger partial charge < -0.3 is 14.6 Å². The highest BCUT2D eigenvalue weighted by Gasteiger charge is 2.34. The molecule has 0 radical (unpaired) electrons. The second kappa shape index (κ2) is 461. The van der Waals surface area contributed by atoms with Gasteiger partial charge in [0.05, 0.1) is 25.4 Å². The predicted octanol–water partition coefficient (Wildman–Crippen LogP) is 47.9. The Morgan fingerprint density at radius 3 is 0.438 bits per heavy atom. The zero-order chi connectivity index (χ0) is 103. The van der Waals surface area contributed by atoms with Crippen LogP contribution in [0.25, 0.3) is 0 Å². The van der Waals surface area contributed by atoms with E-state index in [1.54, 1.807) is 7.11 Å². The van der Waals surface area contributed by atoms with E-state index < -0.39 is 0 Å². The number of ether oxygens (including phenoxy) is 2. The Hall–Kier alpha value is -0.120. The first-order valence-electron chi connectivity index (χ1n) is 52.7. The van der Waals surface area contributed by atoms with E-state index in [-0.39, 0.29) is 6.10 Å². The molecule has 1 unspecified atom stereocenters. The number of hydrogen-bond donors (Lipinski definition) is 1. The molecular formula is C109H292O3. The van der Waals surface area contributed by atoms with Gasteiger partial charge in [-0.05, 0) is 98.7 Å². The molecule has 1 atom stereocenters. The molecule has 1 saturated heterocycles. The van der Waals surface area contributed by atoms with Crippen LogP contribution in [-0.4, -0.2) is 37.6 Å². The fourth-order valence-electron chi connectivity index (χ4n) is 2.98. The lowest BCUT2D eigenvalue weighted by atomic mass is 9.78. The summed E-state index contributed by atoms with van der Waals surface area (Å²) in [6.45, 7) is 176. The van der Waals surface area contributed by atoms with Crippen molar-refractivity contribution in [3.8, 4) is 0 Å². The lowest BCUT2D eigenvalue weighted by Crippen LogP contribution is -2.38. The highest BCUT2D eigenvalue weighted by atomic mass is 16.5. The number of aliphatic hydroxyl groups is 1. The molecule has 0 aromatic heterocycles. The van der Waals surface area contributed by atoms with Crippen molar-refractivity contribution in [2.45, 2.75) is 671 Å². The van der Waals surface area contributed by atoms with E-state index in [2.05, 4.69) is 132 Å². The molecule has 2 saturated carbocycles. The van der Waals surface area contributed by atoms with Crippen LogP contribution in [0.4, 0.5) is 0 Å². The fraction of sp³-hybridized carbons (Fsp3) is 1.00. The summed E-state index contributed by atoms with van der Waals surface area (Å²) in [5, 5.41) is 8.67. The van der Waals surface area contributed by atoms with Gasteiger partial charge in [0.25, 0.3) is 0 Å². The third-order valence-corrected chi connectivity index (χ3v) is 10.5. The topological polar surface area (TPSA) is 38.7 Å². The van der Waals surface area contributed by atoms with Crippen LogP contribution in [0.3, 0.4) is 0 Å². The Kier molecular flexibility index (Phi) is 1010. The van der Waals surface area contributed by atoms with Crippen molar-refractivity contribution in [3.63, 3.8) is 0 Å². The normalized spacial score (nSPS) is 10.2. The van der Waals surface area contributed by atoms with Crippen LogP contribution in [0.15, 0.2) is 0 Å². The second-order valence-corrected chi connectivity index (χ2v) is 18.1. The standard InChI is InChI=1S/C6H12O.2C6H12.2C6H14.2C5H12O.C5H12.32C2H6/c1-3-6(2)4-7-5-6;1-5-3-6(2)4-5;1-3-6(2)4-5-6;1-5-6(2,3)4;1-5(2)6(3)4;1-4-5(2)6-3;1-3-5(6)4-2;1-4-5(2)3;32*1-2/h3-5H2,1-2H3;5-6H,3-4H2,1-2H3;3-5H2,1-2H3;5H2,1-4H3;5-6H,1-4H3;5H,4H2,1-3H3;5-6H,3-4H2,1-2H3;5H,4H2,1-3H3;32*1-2H3. The Balaban J connectivity index is -0.0000000149. The van der Waals surface area contributed by atoms with E-state index in [0.717, 1.165) is 67.5 Å². The summed E-state index contributed by atoms with van der Waals surface area (Å²) in [5.41, 5.74) is 1.88. The van der Waals surface area contributed by atoms with Gasteiger partial charge in [0, 0.05) is 12.5 Å². The summed E-state index contributed by atoms with van der Waals surface area (Å²) in [4.78, 5) is 0. The maximum Gasteiger partial charge on any atom is 0.0542 e. The van der Waals surface area contributed by atoms with Gasteiger partial charge in [0.2, 0.25) is 0 Å². The van der Waals surface area contributed by atoms with E-state index in [1.807, 2.05) is 457 Å². The molecule has 0 spiro atoms. The van der Waals surface area contributed by atoms with E-state index in [9.17, 15) is 0 Å². The first-order chi connectivity index (χ1) is 53.9. The Bertz CT molecular complexity index is 567. The third-order valence-electron chi connectivity index (χ3n) is 10.5. The van der Waals surface area contributed by atoms with Gasteiger partial charge in [-0.25, -0.2) is 0 Å². The molecular weight excluding hydrogens is 1360 g/mol. The van der Waals surface area contributed by atoms with Crippen molar-refractivity contribution in [2.75, 3.05) is 20.3 Å². The van der Waals surface area contributed by atoms with Gasteiger partial charge in [-0.15, -0.1) is 0 Å². The summed E-state index contributed by atoms with van der Waals surface area (Å²) in [6.07, 6.45) is 14.4. The van der Waals surface area contributed by atoms with Gasteiger partial charge in [-0.3, -0.25) is 0 Å². The van der Waals surface area contributed by atoms with E-state index >= 15 is 0 Å². The monoisotopic (exact) mass is 1650 g/mol. The first kappa shape index (κ1) is 245. The Morgan fingerprint density at radius 1 is 0.295 bits per heavy atom. The van der Waals surface area contributed by atoms with E-state index in [0.29, 0.717) is 16.9 Å². The van der Waals surface area contributed by atoms with Gasteiger partial charge >= 0.3 is 0 Å². The lowest BCUT2D eigenvalue weighted by molar-refractivity contribution is -0.103. The third kappa shape index (κ3) is 677. The SMILES string of the molecule is CC.CC.CC.CC.CC.CC.CC.CC.CC.CC.CC.CC.CC.CC.CC.CC.CC.CC.CC.CC.CC.CC.CC.CC.CC.CC.CC.CC.CC.CC.CC.CC.CC(C)C(C)C.CC1CC(C)C1.CCC(C)(C)C.CCC(C)C.CCC(C)OC.CCC(O)CC.CCC1(C)CC1.CCC1(C)COC1. The fourth-order valence-corrected chi connectivity index (χ4v) is 2.98. The maximum absolute atomic E-state index is 8.67. The molecule has 1 heterocycles. The molecule has 0 bridgehead atoms. The summed E-state index contributed by atoms with van der Waals surface area (Å²) in [7, 11) is 1.73. The smallest absolute Gasteiger partial charge is 0.0542 e. The van der Waals surface area contributed by atoms with Crippen LogP contribution in [0, 0.1) is 45.8 Å². The minimum atomic E-state index is -0.0648. The maximum atomic E-state index is 8.67. The Morgan fingerprint density at radius 2 is 0.438 bits per heavy atom. The van der Waals surface area contributed by atoms with Crippen molar-refractivity contribution in [1.82, 2.24) is 0 Å². The summed E-state index contributed by atoms with van der Waals surface area (Å²) in [6, 6.07) is 0.